The van der Waals surface area contributed by atoms with Gasteiger partial charge in [0.2, 0.25) is 0 Å². The van der Waals surface area contributed by atoms with Crippen molar-refractivity contribution in [1.29, 1.82) is 0 Å². The molecule has 2 aromatic rings. The highest BCUT2D eigenvalue weighted by molar-refractivity contribution is 9.10. The van der Waals surface area contributed by atoms with Crippen LogP contribution in [0.3, 0.4) is 0 Å². The summed E-state index contributed by atoms with van der Waals surface area (Å²) in [6.07, 6.45) is 0. The van der Waals surface area contributed by atoms with Crippen molar-refractivity contribution in [3.05, 3.63) is 58.1 Å². The normalized spacial score (nSPS) is 12.2. The molecule has 0 fully saturated rings. The van der Waals surface area contributed by atoms with E-state index >= 15 is 0 Å². The second kappa shape index (κ2) is 5.57. The van der Waals surface area contributed by atoms with E-state index in [1.54, 1.807) is 24.3 Å². The second-order valence-corrected chi connectivity index (χ2v) is 5.06. The Morgan fingerprint density at radius 2 is 1.79 bits per heavy atom. The van der Waals surface area contributed by atoms with Gasteiger partial charge in [-0.3, -0.25) is 0 Å². The molecule has 0 aliphatic rings. The van der Waals surface area contributed by atoms with Crippen LogP contribution in [0.15, 0.2) is 40.9 Å². The third-order valence-electron chi connectivity index (χ3n) is 2.76. The molecule has 5 heteroatoms. The number of phenols is 1. The van der Waals surface area contributed by atoms with Crippen LogP contribution >= 0.6 is 15.9 Å². The Labute approximate surface area is 118 Å². The molecule has 0 heterocycles. The second-order valence-electron chi connectivity index (χ2n) is 4.20. The summed E-state index contributed by atoms with van der Waals surface area (Å²) < 4.78 is 27.0. The van der Waals surface area contributed by atoms with Crippen LogP contribution < -0.4 is 5.32 Å². The van der Waals surface area contributed by atoms with E-state index in [9.17, 15) is 13.9 Å². The molecule has 0 saturated heterocycles. The van der Waals surface area contributed by atoms with Crippen molar-refractivity contribution in [3.8, 4) is 5.75 Å². The molecule has 1 atom stereocenters. The summed E-state index contributed by atoms with van der Waals surface area (Å²) in [5.41, 5.74) is 1.09. The summed E-state index contributed by atoms with van der Waals surface area (Å²) in [5, 5.41) is 12.2. The van der Waals surface area contributed by atoms with Gasteiger partial charge in [0.25, 0.3) is 0 Å². The number of hydrogen-bond acceptors (Lipinski definition) is 2. The predicted molar refractivity (Wildman–Crippen MR) is 74.2 cm³/mol. The Hall–Kier alpha value is -1.62. The monoisotopic (exact) mass is 327 g/mol. The molecule has 19 heavy (non-hydrogen) atoms. The number of phenolic OH excluding ortho intramolecular Hbond substituents is 1. The number of aromatic hydroxyl groups is 1. The highest BCUT2D eigenvalue weighted by atomic mass is 79.9. The van der Waals surface area contributed by atoms with Gasteiger partial charge in [-0.15, -0.1) is 0 Å². The number of halogens is 3. The van der Waals surface area contributed by atoms with Crippen LogP contribution in [0, 0.1) is 11.6 Å². The van der Waals surface area contributed by atoms with E-state index in [0.29, 0.717) is 4.47 Å². The highest BCUT2D eigenvalue weighted by Crippen LogP contribution is 2.30. The molecule has 0 aliphatic heterocycles. The molecule has 0 amide bonds. The van der Waals surface area contributed by atoms with Crippen LogP contribution in [-0.4, -0.2) is 5.11 Å². The SMILES string of the molecule is CC(Nc1c(F)cc(F)cc1Br)c1ccc(O)cc1. The Bertz CT molecular complexity index is 563. The summed E-state index contributed by atoms with van der Waals surface area (Å²) in [6.45, 7) is 1.85. The Kier molecular flexibility index (Phi) is 4.04. The van der Waals surface area contributed by atoms with Gasteiger partial charge in [0.05, 0.1) is 5.69 Å². The van der Waals surface area contributed by atoms with Gasteiger partial charge in [0.1, 0.15) is 17.4 Å². The number of rotatable bonds is 3. The van der Waals surface area contributed by atoms with Gasteiger partial charge in [-0.2, -0.15) is 0 Å². The smallest absolute Gasteiger partial charge is 0.150 e. The van der Waals surface area contributed by atoms with E-state index in [1.165, 1.54) is 6.07 Å². The van der Waals surface area contributed by atoms with Crippen LogP contribution in [0.25, 0.3) is 0 Å². The van der Waals surface area contributed by atoms with Crippen LogP contribution in [0.4, 0.5) is 14.5 Å². The fourth-order valence-corrected chi connectivity index (χ4v) is 2.27. The van der Waals surface area contributed by atoms with Crippen molar-refractivity contribution in [1.82, 2.24) is 0 Å². The minimum atomic E-state index is -0.655. The first-order chi connectivity index (χ1) is 8.97. The maximum Gasteiger partial charge on any atom is 0.150 e. The third-order valence-corrected chi connectivity index (χ3v) is 3.39. The van der Waals surface area contributed by atoms with Crippen LogP contribution in [0.5, 0.6) is 5.75 Å². The summed E-state index contributed by atoms with van der Waals surface area (Å²) in [5.74, 6) is -1.12. The van der Waals surface area contributed by atoms with E-state index in [2.05, 4.69) is 21.2 Å². The van der Waals surface area contributed by atoms with Gasteiger partial charge in [0, 0.05) is 16.6 Å². The maximum atomic E-state index is 13.7. The summed E-state index contributed by atoms with van der Waals surface area (Å²) >= 11 is 3.13. The van der Waals surface area contributed by atoms with E-state index in [-0.39, 0.29) is 17.5 Å². The lowest BCUT2D eigenvalue weighted by atomic mass is 10.1. The lowest BCUT2D eigenvalue weighted by molar-refractivity contribution is 0.475. The Balaban J connectivity index is 2.24. The minimum Gasteiger partial charge on any atom is -0.508 e. The van der Waals surface area contributed by atoms with Crippen molar-refractivity contribution in [2.75, 3.05) is 5.32 Å². The number of hydrogen-bond donors (Lipinski definition) is 2. The summed E-state index contributed by atoms with van der Waals surface area (Å²) in [4.78, 5) is 0. The lowest BCUT2D eigenvalue weighted by Crippen LogP contribution is -2.08. The molecule has 2 nitrogen and oxygen atoms in total. The van der Waals surface area contributed by atoms with E-state index < -0.39 is 11.6 Å². The van der Waals surface area contributed by atoms with Crippen molar-refractivity contribution in [2.45, 2.75) is 13.0 Å². The van der Waals surface area contributed by atoms with Gasteiger partial charge in [-0.1, -0.05) is 12.1 Å². The molecule has 100 valence electrons. The van der Waals surface area contributed by atoms with Crippen molar-refractivity contribution in [3.63, 3.8) is 0 Å². The standard InChI is InChI=1S/C14H12BrF2NO/c1-8(9-2-4-11(19)5-3-9)18-14-12(15)6-10(16)7-13(14)17/h2-8,18-19H,1H3. The highest BCUT2D eigenvalue weighted by Gasteiger charge is 2.13. The zero-order chi connectivity index (χ0) is 14.0. The molecule has 0 saturated carbocycles. The van der Waals surface area contributed by atoms with Crippen LogP contribution in [-0.2, 0) is 0 Å². The molecule has 2 N–H and O–H groups in total. The molecule has 2 aromatic carbocycles. The topological polar surface area (TPSA) is 32.3 Å². The molecule has 2 rings (SSSR count). The van der Waals surface area contributed by atoms with E-state index in [4.69, 9.17) is 0 Å². The summed E-state index contributed by atoms with van der Waals surface area (Å²) in [7, 11) is 0. The Morgan fingerprint density at radius 3 is 2.37 bits per heavy atom. The number of nitrogens with one attached hydrogen (secondary N) is 1. The largest absolute Gasteiger partial charge is 0.508 e. The maximum absolute atomic E-state index is 13.7. The number of benzene rings is 2. The Morgan fingerprint density at radius 1 is 1.16 bits per heavy atom. The van der Waals surface area contributed by atoms with Gasteiger partial charge >= 0.3 is 0 Å². The van der Waals surface area contributed by atoms with Crippen molar-refractivity contribution < 1.29 is 13.9 Å². The molecular formula is C14H12BrF2NO. The lowest BCUT2D eigenvalue weighted by Gasteiger charge is -2.17. The summed E-state index contributed by atoms with van der Waals surface area (Å²) in [6, 6.07) is 8.44. The predicted octanol–water partition coefficient (Wildman–Crippen LogP) is 4.61. The quantitative estimate of drug-likeness (QED) is 0.863. The fraction of sp³-hybridized carbons (Fsp3) is 0.143. The third kappa shape index (κ3) is 3.23. The molecule has 0 spiro atoms. The first-order valence-electron chi connectivity index (χ1n) is 5.67. The molecule has 1 unspecified atom stereocenters. The first-order valence-corrected chi connectivity index (χ1v) is 6.46. The van der Waals surface area contributed by atoms with Gasteiger partial charge in [-0.05, 0) is 46.6 Å². The van der Waals surface area contributed by atoms with Gasteiger partial charge in [-0.25, -0.2) is 8.78 Å². The zero-order valence-electron chi connectivity index (χ0n) is 10.1. The molecule has 0 radical (unpaired) electrons. The van der Waals surface area contributed by atoms with E-state index in [0.717, 1.165) is 11.6 Å². The van der Waals surface area contributed by atoms with E-state index in [1.807, 2.05) is 6.92 Å². The van der Waals surface area contributed by atoms with Crippen LogP contribution in [0.1, 0.15) is 18.5 Å². The van der Waals surface area contributed by atoms with Crippen LogP contribution in [0.2, 0.25) is 0 Å². The van der Waals surface area contributed by atoms with Crippen molar-refractivity contribution in [2.24, 2.45) is 0 Å². The zero-order valence-corrected chi connectivity index (χ0v) is 11.7. The minimum absolute atomic E-state index is 0.171. The first kappa shape index (κ1) is 13.8. The fourth-order valence-electron chi connectivity index (χ4n) is 1.74. The number of anilines is 1. The molecule has 0 aliphatic carbocycles. The van der Waals surface area contributed by atoms with Gasteiger partial charge < -0.3 is 10.4 Å². The van der Waals surface area contributed by atoms with Crippen molar-refractivity contribution >= 4 is 21.6 Å². The van der Waals surface area contributed by atoms with Gasteiger partial charge in [0.15, 0.2) is 0 Å². The average Bonchev–Trinajstić information content (AvgIpc) is 2.34. The molecule has 0 bridgehead atoms. The average molecular weight is 328 g/mol. The molecule has 0 aromatic heterocycles. The molecular weight excluding hydrogens is 316 g/mol.